The van der Waals surface area contributed by atoms with E-state index in [9.17, 15) is 0 Å². The third-order valence-corrected chi connectivity index (χ3v) is 14.1. The molecule has 250 valence electrons. The van der Waals surface area contributed by atoms with E-state index in [1.165, 1.54) is 156 Å². The number of hydrogen-bond acceptors (Lipinski definition) is 4. The van der Waals surface area contributed by atoms with E-state index >= 15 is 0 Å². The lowest BCUT2D eigenvalue weighted by Gasteiger charge is -2.02. The minimum Gasteiger partial charge on any atom is -0.143 e. The normalized spacial score (nSPS) is 11.5. The number of terminal acetylenes is 1. The van der Waals surface area contributed by atoms with Crippen molar-refractivity contribution in [1.82, 2.24) is 0 Å². The Morgan fingerprint density at radius 3 is 1.37 bits per heavy atom. The van der Waals surface area contributed by atoms with Crippen molar-refractivity contribution in [2.75, 3.05) is 0 Å². The molecule has 0 radical (unpaired) electrons. The summed E-state index contributed by atoms with van der Waals surface area (Å²) in [5.74, 6) is 3.06. The van der Waals surface area contributed by atoms with E-state index in [0.29, 0.717) is 0 Å². The first-order valence-corrected chi connectivity index (χ1v) is 21.9. The summed E-state index contributed by atoms with van der Waals surface area (Å²) in [4.78, 5) is 10.0. The van der Waals surface area contributed by atoms with Crippen LogP contribution < -0.4 is 0 Å². The third kappa shape index (κ3) is 10.7. The van der Waals surface area contributed by atoms with Gasteiger partial charge in [-0.25, -0.2) is 0 Å². The Labute approximate surface area is 298 Å². The average molecular weight is 691 g/mol. The zero-order chi connectivity index (χ0) is 32.6. The van der Waals surface area contributed by atoms with Crippen molar-refractivity contribution in [3.8, 4) is 41.6 Å². The SMILES string of the molecule is C#Cc1sc(-c2sc(-c3sc(-c4sccc4CCCCCC)cc3CCCCCC)cc2CCCCCC)cc1CCCCCC. The molecular formula is C42H58S4. The predicted molar refractivity (Wildman–Crippen MR) is 214 cm³/mol. The zero-order valence-corrected chi connectivity index (χ0v) is 32.5. The van der Waals surface area contributed by atoms with Crippen molar-refractivity contribution in [2.45, 2.75) is 156 Å². The fourth-order valence-corrected chi connectivity index (χ4v) is 11.3. The highest BCUT2D eigenvalue weighted by Crippen LogP contribution is 2.48. The molecule has 4 aromatic heterocycles. The lowest BCUT2D eigenvalue weighted by atomic mass is 10.0. The molecule has 0 saturated carbocycles. The molecule has 0 aliphatic carbocycles. The fraction of sp³-hybridized carbons (Fsp3) is 0.571. The van der Waals surface area contributed by atoms with E-state index in [2.05, 4.69) is 74.6 Å². The Hall–Kier alpha value is -1.64. The van der Waals surface area contributed by atoms with Crippen LogP contribution in [-0.4, -0.2) is 0 Å². The molecule has 0 nitrogen and oxygen atoms in total. The van der Waals surface area contributed by atoms with E-state index in [1.807, 2.05) is 34.0 Å². The van der Waals surface area contributed by atoms with Crippen LogP contribution in [-0.2, 0) is 25.7 Å². The maximum atomic E-state index is 6.08. The quantitative estimate of drug-likeness (QED) is 0.0537. The van der Waals surface area contributed by atoms with E-state index in [4.69, 9.17) is 6.42 Å². The molecule has 0 saturated heterocycles. The van der Waals surface area contributed by atoms with E-state index in [1.54, 1.807) is 11.1 Å². The lowest BCUT2D eigenvalue weighted by molar-refractivity contribution is 0.667. The molecule has 0 aliphatic rings. The Bertz CT molecular complexity index is 1470. The molecule has 0 fully saturated rings. The second-order valence-corrected chi connectivity index (χ2v) is 17.1. The third-order valence-electron chi connectivity index (χ3n) is 9.17. The van der Waals surface area contributed by atoms with Gasteiger partial charge in [0.25, 0.3) is 0 Å². The minimum atomic E-state index is 1.11. The molecule has 0 bridgehead atoms. The van der Waals surface area contributed by atoms with E-state index < -0.39 is 0 Å². The van der Waals surface area contributed by atoms with Gasteiger partial charge in [0.2, 0.25) is 0 Å². The summed E-state index contributed by atoms with van der Waals surface area (Å²) in [6.07, 6.45) is 31.6. The molecule has 0 amide bonds. The summed E-state index contributed by atoms with van der Waals surface area (Å²) in [5.41, 5.74) is 6.06. The van der Waals surface area contributed by atoms with Crippen LogP contribution in [0.1, 0.15) is 158 Å². The first kappa shape index (κ1) is 37.2. The van der Waals surface area contributed by atoms with Crippen molar-refractivity contribution < 1.29 is 0 Å². The highest BCUT2D eigenvalue weighted by molar-refractivity contribution is 7.28. The van der Waals surface area contributed by atoms with E-state index in [0.717, 1.165) is 17.7 Å². The van der Waals surface area contributed by atoms with Crippen molar-refractivity contribution in [3.63, 3.8) is 0 Å². The van der Waals surface area contributed by atoms with Gasteiger partial charge < -0.3 is 0 Å². The predicted octanol–water partition coefficient (Wildman–Crippen LogP) is 15.4. The molecule has 0 unspecified atom stereocenters. The van der Waals surface area contributed by atoms with Gasteiger partial charge in [0.05, 0.1) is 4.88 Å². The molecule has 4 aromatic rings. The molecular weight excluding hydrogens is 633 g/mol. The second kappa shape index (κ2) is 20.7. The van der Waals surface area contributed by atoms with Crippen LogP contribution in [0.4, 0.5) is 0 Å². The molecule has 0 atom stereocenters. The van der Waals surface area contributed by atoms with E-state index in [-0.39, 0.29) is 0 Å². The van der Waals surface area contributed by atoms with Crippen LogP contribution in [0.25, 0.3) is 29.3 Å². The van der Waals surface area contributed by atoms with Gasteiger partial charge in [-0.05, 0) is 103 Å². The molecule has 0 spiro atoms. The molecule has 0 aromatic carbocycles. The molecule has 4 heterocycles. The van der Waals surface area contributed by atoms with Gasteiger partial charge in [-0.3, -0.25) is 0 Å². The van der Waals surface area contributed by atoms with Crippen LogP contribution in [0.15, 0.2) is 29.6 Å². The standard InChI is InChI=1S/C42H58S4/c1-6-11-15-19-23-32-27-28-43-40(32)37-30-34(25-21-17-13-8-3)42(45-37)39-31-35(26-22-18-14-9-4)41(46-39)38-29-33(36(10-5)44-38)24-20-16-12-7-2/h5,27-31H,6-9,11-26H2,1-4H3. The van der Waals surface area contributed by atoms with Crippen LogP contribution in [0.3, 0.4) is 0 Å². The highest BCUT2D eigenvalue weighted by Gasteiger charge is 2.21. The number of rotatable bonds is 23. The summed E-state index contributed by atoms with van der Waals surface area (Å²) >= 11 is 7.91. The summed E-state index contributed by atoms with van der Waals surface area (Å²) in [6.45, 7) is 9.21. The van der Waals surface area contributed by atoms with Crippen LogP contribution in [0, 0.1) is 12.3 Å². The van der Waals surface area contributed by atoms with Gasteiger partial charge in [0.15, 0.2) is 0 Å². The zero-order valence-electron chi connectivity index (χ0n) is 29.2. The summed E-state index contributed by atoms with van der Waals surface area (Å²) in [6, 6.07) is 10.00. The minimum absolute atomic E-state index is 1.11. The van der Waals surface area contributed by atoms with Crippen LogP contribution in [0.2, 0.25) is 0 Å². The van der Waals surface area contributed by atoms with Gasteiger partial charge in [-0.1, -0.05) is 111 Å². The van der Waals surface area contributed by atoms with Crippen molar-refractivity contribution in [2.24, 2.45) is 0 Å². The Kier molecular flexibility index (Phi) is 16.7. The Morgan fingerprint density at radius 2 is 0.891 bits per heavy atom. The van der Waals surface area contributed by atoms with Gasteiger partial charge >= 0.3 is 0 Å². The number of thiophene rings is 4. The van der Waals surface area contributed by atoms with Crippen LogP contribution >= 0.6 is 45.3 Å². The fourth-order valence-electron chi connectivity index (χ4n) is 6.44. The largest absolute Gasteiger partial charge is 0.143 e. The number of aryl methyl sites for hydroxylation is 4. The lowest BCUT2D eigenvalue weighted by Crippen LogP contribution is -1.87. The Balaban J connectivity index is 1.70. The highest BCUT2D eigenvalue weighted by atomic mass is 32.1. The topological polar surface area (TPSA) is 0 Å². The van der Waals surface area contributed by atoms with Crippen molar-refractivity contribution in [3.05, 3.63) is 56.8 Å². The molecule has 4 rings (SSSR count). The Morgan fingerprint density at radius 1 is 0.478 bits per heavy atom. The maximum absolute atomic E-state index is 6.08. The monoisotopic (exact) mass is 690 g/mol. The summed E-state index contributed by atoms with van der Waals surface area (Å²) in [7, 11) is 0. The number of hydrogen-bond donors (Lipinski definition) is 0. The maximum Gasteiger partial charge on any atom is 0.0804 e. The van der Waals surface area contributed by atoms with Crippen LogP contribution in [0.5, 0.6) is 0 Å². The molecule has 4 heteroatoms. The molecule has 0 aliphatic heterocycles. The number of unbranched alkanes of at least 4 members (excludes halogenated alkanes) is 12. The molecule has 46 heavy (non-hydrogen) atoms. The van der Waals surface area contributed by atoms with Gasteiger partial charge in [0, 0.05) is 29.3 Å². The first-order valence-electron chi connectivity index (χ1n) is 18.5. The molecule has 0 N–H and O–H groups in total. The van der Waals surface area contributed by atoms with Crippen molar-refractivity contribution in [1.29, 1.82) is 0 Å². The average Bonchev–Trinajstić information content (AvgIpc) is 3.87. The van der Waals surface area contributed by atoms with Gasteiger partial charge in [-0.2, -0.15) is 0 Å². The second-order valence-electron chi connectivity index (χ2n) is 13.1. The smallest absolute Gasteiger partial charge is 0.0804 e. The van der Waals surface area contributed by atoms with Gasteiger partial charge in [0.1, 0.15) is 0 Å². The first-order chi connectivity index (χ1) is 22.6. The van der Waals surface area contributed by atoms with Crippen molar-refractivity contribution >= 4 is 45.3 Å². The van der Waals surface area contributed by atoms with Gasteiger partial charge in [-0.15, -0.1) is 51.8 Å². The summed E-state index contributed by atoms with van der Waals surface area (Å²) < 4.78 is 0. The summed E-state index contributed by atoms with van der Waals surface area (Å²) in [5, 5.41) is 2.32.